The number of aromatic nitrogens is 2. The molecular weight excluding hydrogens is 282 g/mol. The molecule has 2 aromatic heterocycles. The molecule has 0 aliphatic heterocycles. The number of rotatable bonds is 6. The number of carbonyl (C=O) groups excluding carboxylic acids is 1. The van der Waals surface area contributed by atoms with Crippen molar-refractivity contribution in [3.63, 3.8) is 0 Å². The molecule has 0 unspecified atom stereocenters. The highest BCUT2D eigenvalue weighted by atomic mass is 32.1. The normalized spacial score (nSPS) is 10.9. The molecule has 2 heterocycles. The van der Waals surface area contributed by atoms with Crippen LogP contribution in [0.25, 0.3) is 0 Å². The summed E-state index contributed by atoms with van der Waals surface area (Å²) < 4.78 is 0. The van der Waals surface area contributed by atoms with Crippen molar-refractivity contribution in [1.29, 1.82) is 0 Å². The fourth-order valence-electron chi connectivity index (χ4n) is 1.95. The lowest BCUT2D eigenvalue weighted by Crippen LogP contribution is -2.27. The Morgan fingerprint density at radius 3 is 2.67 bits per heavy atom. The van der Waals surface area contributed by atoms with Crippen LogP contribution < -0.4 is 5.32 Å². The Morgan fingerprint density at radius 1 is 1.29 bits per heavy atom. The first kappa shape index (κ1) is 15.6. The number of amides is 1. The molecule has 0 radical (unpaired) electrons. The van der Waals surface area contributed by atoms with Crippen LogP contribution in [-0.4, -0.2) is 22.4 Å². The van der Waals surface area contributed by atoms with Gasteiger partial charge in [-0.15, -0.1) is 11.3 Å². The third-order valence-electron chi connectivity index (χ3n) is 3.09. The second-order valence-corrected chi connectivity index (χ2v) is 6.57. The number of nitrogens with one attached hydrogen (secondary N) is 1. The Kier molecular flexibility index (Phi) is 5.44. The molecule has 0 spiro atoms. The van der Waals surface area contributed by atoms with Gasteiger partial charge in [-0.1, -0.05) is 13.8 Å². The lowest BCUT2D eigenvalue weighted by molar-refractivity contribution is 0.0952. The summed E-state index contributed by atoms with van der Waals surface area (Å²) in [5.74, 6) is 0.446. The highest BCUT2D eigenvalue weighted by Crippen LogP contribution is 2.19. The summed E-state index contributed by atoms with van der Waals surface area (Å²) in [6, 6.07) is 4.02. The van der Waals surface area contributed by atoms with E-state index in [0.29, 0.717) is 12.5 Å². The number of aryl methyl sites for hydroxylation is 3. The van der Waals surface area contributed by atoms with E-state index in [4.69, 9.17) is 0 Å². The fourth-order valence-corrected chi connectivity index (χ4v) is 2.93. The monoisotopic (exact) mass is 303 g/mol. The number of hydrogen-bond donors (Lipinski definition) is 1. The van der Waals surface area contributed by atoms with Gasteiger partial charge in [0, 0.05) is 25.4 Å². The van der Waals surface area contributed by atoms with Crippen molar-refractivity contribution in [3.05, 3.63) is 45.7 Å². The van der Waals surface area contributed by atoms with Crippen molar-refractivity contribution in [2.75, 3.05) is 6.54 Å². The van der Waals surface area contributed by atoms with Gasteiger partial charge in [0.25, 0.3) is 5.91 Å². The predicted octanol–water partition coefficient (Wildman–Crippen LogP) is 3.02. The molecule has 1 N–H and O–H groups in total. The van der Waals surface area contributed by atoms with E-state index in [9.17, 15) is 4.79 Å². The van der Waals surface area contributed by atoms with Crippen LogP contribution >= 0.6 is 11.3 Å². The van der Waals surface area contributed by atoms with E-state index in [1.165, 1.54) is 16.9 Å². The van der Waals surface area contributed by atoms with E-state index in [1.54, 1.807) is 12.4 Å². The van der Waals surface area contributed by atoms with Crippen LogP contribution in [0.4, 0.5) is 0 Å². The van der Waals surface area contributed by atoms with Crippen LogP contribution in [0, 0.1) is 12.8 Å². The van der Waals surface area contributed by atoms with Gasteiger partial charge in [0.15, 0.2) is 0 Å². The fraction of sp³-hybridized carbons (Fsp3) is 0.438. The smallest absolute Gasteiger partial charge is 0.263 e. The SMILES string of the molecule is Cc1nc(CCc2ccncc2)sc1C(=O)NCC(C)C. The van der Waals surface area contributed by atoms with E-state index in [1.807, 2.05) is 19.1 Å². The average Bonchev–Trinajstić information content (AvgIpc) is 2.85. The highest BCUT2D eigenvalue weighted by Gasteiger charge is 2.15. The lowest BCUT2D eigenvalue weighted by atomic mass is 10.1. The van der Waals surface area contributed by atoms with Crippen molar-refractivity contribution in [3.8, 4) is 0 Å². The molecule has 112 valence electrons. The van der Waals surface area contributed by atoms with Crippen LogP contribution in [0.5, 0.6) is 0 Å². The summed E-state index contributed by atoms with van der Waals surface area (Å²) in [6.07, 6.45) is 5.37. The topological polar surface area (TPSA) is 54.9 Å². The molecule has 21 heavy (non-hydrogen) atoms. The number of hydrogen-bond acceptors (Lipinski definition) is 4. The quantitative estimate of drug-likeness (QED) is 0.892. The molecule has 0 atom stereocenters. The average molecular weight is 303 g/mol. The molecule has 1 amide bonds. The molecular formula is C16H21N3OS. The zero-order chi connectivity index (χ0) is 15.2. The van der Waals surface area contributed by atoms with Crippen molar-refractivity contribution in [2.24, 2.45) is 5.92 Å². The number of carbonyl (C=O) groups is 1. The first-order valence-corrected chi connectivity index (χ1v) is 8.01. The van der Waals surface area contributed by atoms with E-state index in [0.717, 1.165) is 28.4 Å². The van der Waals surface area contributed by atoms with Gasteiger partial charge in [-0.2, -0.15) is 0 Å². The van der Waals surface area contributed by atoms with Crippen molar-refractivity contribution < 1.29 is 4.79 Å². The maximum atomic E-state index is 12.1. The summed E-state index contributed by atoms with van der Waals surface area (Å²) in [6.45, 7) is 6.76. The van der Waals surface area contributed by atoms with E-state index >= 15 is 0 Å². The molecule has 0 aromatic carbocycles. The van der Waals surface area contributed by atoms with Crippen LogP contribution in [0.1, 0.15) is 39.8 Å². The van der Waals surface area contributed by atoms with Crippen molar-refractivity contribution >= 4 is 17.2 Å². The molecule has 0 fully saturated rings. The van der Waals surface area contributed by atoms with Crippen LogP contribution in [0.3, 0.4) is 0 Å². The van der Waals surface area contributed by atoms with Gasteiger partial charge in [0.1, 0.15) is 4.88 Å². The maximum absolute atomic E-state index is 12.1. The summed E-state index contributed by atoms with van der Waals surface area (Å²) in [5.41, 5.74) is 2.06. The van der Waals surface area contributed by atoms with Gasteiger partial charge in [0.2, 0.25) is 0 Å². The molecule has 0 bridgehead atoms. The largest absolute Gasteiger partial charge is 0.351 e. The summed E-state index contributed by atoms with van der Waals surface area (Å²) >= 11 is 1.50. The minimum Gasteiger partial charge on any atom is -0.351 e. The lowest BCUT2D eigenvalue weighted by Gasteiger charge is -2.06. The first-order valence-electron chi connectivity index (χ1n) is 7.19. The Bertz CT molecular complexity index is 593. The first-order chi connectivity index (χ1) is 10.1. The number of pyridine rings is 1. The number of nitrogens with zero attached hydrogens (tertiary/aromatic N) is 2. The van der Waals surface area contributed by atoms with Gasteiger partial charge in [-0.3, -0.25) is 9.78 Å². The van der Waals surface area contributed by atoms with Crippen LogP contribution in [0.15, 0.2) is 24.5 Å². The van der Waals surface area contributed by atoms with Crippen LogP contribution in [0.2, 0.25) is 0 Å². The van der Waals surface area contributed by atoms with Crippen LogP contribution in [-0.2, 0) is 12.8 Å². The Balaban J connectivity index is 1.97. The summed E-state index contributed by atoms with van der Waals surface area (Å²) in [5, 5.41) is 3.96. The second-order valence-electron chi connectivity index (χ2n) is 5.48. The predicted molar refractivity (Wildman–Crippen MR) is 85.7 cm³/mol. The Labute approximate surface area is 129 Å². The molecule has 2 rings (SSSR count). The number of thiazole rings is 1. The molecule has 0 saturated heterocycles. The molecule has 4 nitrogen and oxygen atoms in total. The van der Waals surface area contributed by atoms with E-state index < -0.39 is 0 Å². The van der Waals surface area contributed by atoms with Crippen molar-refractivity contribution in [1.82, 2.24) is 15.3 Å². The molecule has 5 heteroatoms. The summed E-state index contributed by atoms with van der Waals surface area (Å²) in [4.78, 5) is 21.4. The third-order valence-corrected chi connectivity index (χ3v) is 4.31. The van der Waals surface area contributed by atoms with Crippen molar-refractivity contribution in [2.45, 2.75) is 33.6 Å². The molecule has 0 saturated carbocycles. The minimum atomic E-state index is -0.00568. The zero-order valence-corrected chi connectivity index (χ0v) is 13.5. The second kappa shape index (κ2) is 7.31. The van der Waals surface area contributed by atoms with Gasteiger partial charge < -0.3 is 5.32 Å². The van der Waals surface area contributed by atoms with E-state index in [2.05, 4.69) is 29.1 Å². The molecule has 2 aromatic rings. The molecule has 0 aliphatic carbocycles. The van der Waals surface area contributed by atoms with Gasteiger partial charge >= 0.3 is 0 Å². The third kappa shape index (κ3) is 4.63. The van der Waals surface area contributed by atoms with E-state index in [-0.39, 0.29) is 5.91 Å². The Hall–Kier alpha value is -1.75. The standard InChI is InChI=1S/C16H21N3OS/c1-11(2)10-18-16(20)15-12(3)19-14(21-15)5-4-13-6-8-17-9-7-13/h6-9,11H,4-5,10H2,1-3H3,(H,18,20). The minimum absolute atomic E-state index is 0.00568. The summed E-state index contributed by atoms with van der Waals surface area (Å²) in [7, 11) is 0. The molecule has 0 aliphatic rings. The highest BCUT2D eigenvalue weighted by molar-refractivity contribution is 7.13. The zero-order valence-electron chi connectivity index (χ0n) is 12.7. The van der Waals surface area contributed by atoms with Gasteiger partial charge in [0.05, 0.1) is 10.7 Å². The maximum Gasteiger partial charge on any atom is 0.263 e. The van der Waals surface area contributed by atoms with Gasteiger partial charge in [-0.05, 0) is 37.0 Å². The Morgan fingerprint density at radius 2 is 2.00 bits per heavy atom. The van der Waals surface area contributed by atoms with Gasteiger partial charge in [-0.25, -0.2) is 4.98 Å².